The molecule has 1 atom stereocenters. The van der Waals surface area contributed by atoms with E-state index in [0.29, 0.717) is 5.56 Å². The molecule has 0 spiro atoms. The van der Waals surface area contributed by atoms with E-state index < -0.39 is 6.10 Å². The average Bonchev–Trinajstić information content (AvgIpc) is 2.68. The number of aliphatic hydroxyl groups is 1. The fourth-order valence-corrected chi connectivity index (χ4v) is 3.12. The van der Waals surface area contributed by atoms with Gasteiger partial charge in [-0.2, -0.15) is 0 Å². The van der Waals surface area contributed by atoms with E-state index >= 15 is 0 Å². The van der Waals surface area contributed by atoms with E-state index in [1.54, 1.807) is 13.0 Å². The number of hydrogen-bond acceptors (Lipinski definition) is 2. The predicted molar refractivity (Wildman–Crippen MR) is 83.4 cm³/mol. The van der Waals surface area contributed by atoms with Crippen molar-refractivity contribution in [2.75, 3.05) is 11.4 Å². The SMILES string of the molecule is C[C@@H](O)c1c(F)cccc1N1CCCCc2ccccc21. The summed E-state index contributed by atoms with van der Waals surface area (Å²) in [5.41, 5.74) is 3.58. The summed E-state index contributed by atoms with van der Waals surface area (Å²) >= 11 is 0. The normalized spacial score (nSPS) is 16.2. The maximum absolute atomic E-state index is 14.1. The minimum absolute atomic E-state index is 0.343. The summed E-state index contributed by atoms with van der Waals surface area (Å²) in [5.74, 6) is -0.343. The largest absolute Gasteiger partial charge is 0.389 e. The van der Waals surface area contributed by atoms with E-state index in [-0.39, 0.29) is 5.82 Å². The van der Waals surface area contributed by atoms with Gasteiger partial charge in [0, 0.05) is 23.5 Å². The molecule has 0 radical (unpaired) electrons. The van der Waals surface area contributed by atoms with Crippen LogP contribution in [-0.2, 0) is 6.42 Å². The Morgan fingerprint density at radius 2 is 1.81 bits per heavy atom. The Balaban J connectivity index is 2.15. The van der Waals surface area contributed by atoms with Crippen molar-refractivity contribution in [3.05, 3.63) is 59.4 Å². The summed E-state index contributed by atoms with van der Waals surface area (Å²) in [6.45, 7) is 2.46. The van der Waals surface area contributed by atoms with Gasteiger partial charge in [0.25, 0.3) is 0 Å². The van der Waals surface area contributed by atoms with Crippen LogP contribution in [0.15, 0.2) is 42.5 Å². The standard InChI is InChI=1S/C18H20FNO/c1-13(21)18-15(19)9-6-11-17(18)20-12-5-4-8-14-7-2-3-10-16(14)20/h2-3,6-7,9-11,13,21H,4-5,8,12H2,1H3/t13-/m1/s1. The fraction of sp³-hybridized carbons (Fsp3) is 0.333. The molecule has 1 N–H and O–H groups in total. The molecular weight excluding hydrogens is 265 g/mol. The van der Waals surface area contributed by atoms with Gasteiger partial charge in [-0.25, -0.2) is 4.39 Å². The number of fused-ring (bicyclic) bond motifs is 1. The molecule has 1 heterocycles. The van der Waals surface area contributed by atoms with Crippen LogP contribution in [0.4, 0.5) is 15.8 Å². The molecule has 2 nitrogen and oxygen atoms in total. The molecule has 0 amide bonds. The molecule has 1 aliphatic heterocycles. The molecular formula is C18H20FNO. The van der Waals surface area contributed by atoms with Gasteiger partial charge in [0.1, 0.15) is 5.82 Å². The minimum Gasteiger partial charge on any atom is -0.389 e. The summed E-state index contributed by atoms with van der Waals surface area (Å²) < 4.78 is 14.1. The van der Waals surface area contributed by atoms with E-state index in [4.69, 9.17) is 0 Å². The monoisotopic (exact) mass is 285 g/mol. The third kappa shape index (κ3) is 2.66. The summed E-state index contributed by atoms with van der Waals surface area (Å²) in [4.78, 5) is 2.15. The highest BCUT2D eigenvalue weighted by Gasteiger charge is 2.22. The summed E-state index contributed by atoms with van der Waals surface area (Å²) in [7, 11) is 0. The number of benzene rings is 2. The lowest BCUT2D eigenvalue weighted by atomic mass is 10.0. The van der Waals surface area contributed by atoms with Crippen LogP contribution < -0.4 is 4.90 Å². The van der Waals surface area contributed by atoms with Crippen LogP contribution in [0.1, 0.15) is 37.0 Å². The molecule has 0 aliphatic carbocycles. The summed E-state index contributed by atoms with van der Waals surface area (Å²) in [6, 6.07) is 13.3. The lowest BCUT2D eigenvalue weighted by Gasteiger charge is -2.28. The third-order valence-electron chi connectivity index (χ3n) is 4.10. The average molecular weight is 285 g/mol. The highest BCUT2D eigenvalue weighted by molar-refractivity contribution is 5.70. The van der Waals surface area contributed by atoms with Crippen LogP contribution in [0.5, 0.6) is 0 Å². The van der Waals surface area contributed by atoms with Crippen molar-refractivity contribution in [1.29, 1.82) is 0 Å². The van der Waals surface area contributed by atoms with Crippen molar-refractivity contribution in [2.24, 2.45) is 0 Å². The molecule has 0 saturated carbocycles. The highest BCUT2D eigenvalue weighted by atomic mass is 19.1. The number of nitrogens with zero attached hydrogens (tertiary/aromatic N) is 1. The van der Waals surface area contributed by atoms with Gasteiger partial charge in [-0.3, -0.25) is 0 Å². The highest BCUT2D eigenvalue weighted by Crippen LogP contribution is 2.37. The topological polar surface area (TPSA) is 23.5 Å². The van der Waals surface area contributed by atoms with Crippen molar-refractivity contribution in [3.8, 4) is 0 Å². The maximum atomic E-state index is 14.1. The number of halogens is 1. The molecule has 0 fully saturated rings. The van der Waals surface area contributed by atoms with Crippen molar-refractivity contribution in [2.45, 2.75) is 32.3 Å². The molecule has 0 saturated heterocycles. The number of anilines is 2. The Morgan fingerprint density at radius 1 is 1.05 bits per heavy atom. The minimum atomic E-state index is -0.823. The van der Waals surface area contributed by atoms with Crippen molar-refractivity contribution >= 4 is 11.4 Å². The van der Waals surface area contributed by atoms with Crippen molar-refractivity contribution in [1.82, 2.24) is 0 Å². The van der Waals surface area contributed by atoms with Gasteiger partial charge in [-0.1, -0.05) is 24.3 Å². The van der Waals surface area contributed by atoms with Crippen molar-refractivity contribution < 1.29 is 9.50 Å². The van der Waals surface area contributed by atoms with Crippen LogP contribution in [-0.4, -0.2) is 11.7 Å². The Morgan fingerprint density at radius 3 is 2.62 bits per heavy atom. The number of aliphatic hydroxyl groups excluding tert-OH is 1. The van der Waals surface area contributed by atoms with Gasteiger partial charge < -0.3 is 10.0 Å². The quantitative estimate of drug-likeness (QED) is 0.886. The molecule has 3 rings (SSSR count). The Hall–Kier alpha value is -1.87. The Labute approximate surface area is 124 Å². The summed E-state index contributed by atoms with van der Waals surface area (Å²) in [6.07, 6.45) is 2.42. The first kappa shape index (κ1) is 14.1. The molecule has 2 aromatic rings. The second-order valence-electron chi connectivity index (χ2n) is 5.59. The first-order valence-electron chi connectivity index (χ1n) is 7.50. The second-order valence-corrected chi connectivity index (χ2v) is 5.59. The predicted octanol–water partition coefficient (Wildman–Crippen LogP) is 4.35. The smallest absolute Gasteiger partial charge is 0.131 e. The van der Waals surface area contributed by atoms with Crippen LogP contribution in [0.3, 0.4) is 0 Å². The molecule has 1 aliphatic rings. The van der Waals surface area contributed by atoms with Gasteiger partial charge in [-0.05, 0) is 49.9 Å². The number of aryl methyl sites for hydroxylation is 1. The van der Waals surface area contributed by atoms with Crippen LogP contribution in [0.25, 0.3) is 0 Å². The zero-order chi connectivity index (χ0) is 14.8. The van der Waals surface area contributed by atoms with E-state index in [0.717, 1.165) is 37.2 Å². The van der Waals surface area contributed by atoms with Gasteiger partial charge in [0.2, 0.25) is 0 Å². The summed E-state index contributed by atoms with van der Waals surface area (Å²) in [5, 5.41) is 9.97. The molecule has 0 aromatic heterocycles. The third-order valence-corrected chi connectivity index (χ3v) is 4.10. The molecule has 2 aromatic carbocycles. The van der Waals surface area contributed by atoms with E-state index in [9.17, 15) is 9.50 Å². The Bertz CT molecular complexity index is 639. The first-order valence-corrected chi connectivity index (χ1v) is 7.50. The molecule has 21 heavy (non-hydrogen) atoms. The van der Waals surface area contributed by atoms with E-state index in [1.165, 1.54) is 11.6 Å². The Kier molecular flexibility index (Phi) is 3.93. The fourth-order valence-electron chi connectivity index (χ4n) is 3.12. The molecule has 3 heteroatoms. The molecule has 0 unspecified atom stereocenters. The zero-order valence-corrected chi connectivity index (χ0v) is 12.2. The van der Waals surface area contributed by atoms with E-state index in [2.05, 4.69) is 17.0 Å². The van der Waals surface area contributed by atoms with E-state index in [1.807, 2.05) is 18.2 Å². The maximum Gasteiger partial charge on any atom is 0.131 e. The lowest BCUT2D eigenvalue weighted by Crippen LogP contribution is -2.20. The number of hydrogen-bond donors (Lipinski definition) is 1. The van der Waals surface area contributed by atoms with Gasteiger partial charge in [0.05, 0.1) is 6.10 Å². The lowest BCUT2D eigenvalue weighted by molar-refractivity contribution is 0.194. The van der Waals surface area contributed by atoms with Crippen LogP contribution >= 0.6 is 0 Å². The zero-order valence-electron chi connectivity index (χ0n) is 12.2. The number of rotatable bonds is 2. The van der Waals surface area contributed by atoms with Gasteiger partial charge >= 0.3 is 0 Å². The van der Waals surface area contributed by atoms with Crippen molar-refractivity contribution in [3.63, 3.8) is 0 Å². The molecule has 0 bridgehead atoms. The van der Waals surface area contributed by atoms with Gasteiger partial charge in [-0.15, -0.1) is 0 Å². The van der Waals surface area contributed by atoms with Gasteiger partial charge in [0.15, 0.2) is 0 Å². The second kappa shape index (κ2) is 5.86. The first-order chi connectivity index (χ1) is 10.2. The molecule has 110 valence electrons. The van der Waals surface area contributed by atoms with Crippen LogP contribution in [0.2, 0.25) is 0 Å². The van der Waals surface area contributed by atoms with Crippen LogP contribution in [0, 0.1) is 5.82 Å². The number of para-hydroxylation sites is 1.